The molecule has 2 aromatic carbocycles. The van der Waals surface area contributed by atoms with Crippen molar-refractivity contribution in [2.75, 3.05) is 151 Å². The van der Waals surface area contributed by atoms with Gasteiger partial charge in [0.25, 0.3) is 17.1 Å². The molecule has 4 aliphatic heterocycles. The normalized spacial score (nSPS) is 25.2. The third-order valence-corrected chi connectivity index (χ3v) is 23.3. The zero-order valence-corrected chi connectivity index (χ0v) is 71.6. The van der Waals surface area contributed by atoms with Gasteiger partial charge in [-0.05, 0) is 193 Å². The summed E-state index contributed by atoms with van der Waals surface area (Å²) in [5.74, 6) is -0.905. The van der Waals surface area contributed by atoms with Crippen LogP contribution in [0.1, 0.15) is 160 Å². The highest BCUT2D eigenvalue weighted by atomic mass is 32.1. The van der Waals surface area contributed by atoms with E-state index < -0.39 is 35.9 Å². The van der Waals surface area contributed by atoms with Crippen LogP contribution in [0.15, 0.2) is 94.7 Å². The molecule has 2 unspecified atom stereocenters. The van der Waals surface area contributed by atoms with Crippen LogP contribution >= 0.6 is 12.2 Å². The summed E-state index contributed by atoms with van der Waals surface area (Å²) in [6, 6.07) is 11.7. The summed E-state index contributed by atoms with van der Waals surface area (Å²) >= 11 is 5.58. The first-order valence-electron chi connectivity index (χ1n) is 43.1. The zero-order chi connectivity index (χ0) is 84.3. The van der Waals surface area contributed by atoms with Crippen molar-refractivity contribution in [3.05, 3.63) is 107 Å². The van der Waals surface area contributed by atoms with E-state index >= 15 is 0 Å². The van der Waals surface area contributed by atoms with Crippen LogP contribution in [-0.2, 0) is 95.5 Å². The third kappa shape index (κ3) is 30.2. The van der Waals surface area contributed by atoms with Crippen molar-refractivity contribution in [1.29, 1.82) is 0 Å². The number of aliphatic hydroxyl groups is 2. The summed E-state index contributed by atoms with van der Waals surface area (Å²) in [7, 11) is 1.67. The molecule has 656 valence electrons. The molecule has 119 heavy (non-hydrogen) atoms. The van der Waals surface area contributed by atoms with E-state index in [2.05, 4.69) is 45.4 Å². The number of methoxy groups -OCH3 is 1. The number of hydrogen-bond acceptors (Lipinski definition) is 26. The average molecular weight is 1680 g/mol. The number of piperidine rings is 1. The molecule has 2 saturated heterocycles. The molecule has 1 aliphatic carbocycles. The van der Waals surface area contributed by atoms with Crippen LogP contribution in [0.2, 0.25) is 0 Å². The summed E-state index contributed by atoms with van der Waals surface area (Å²) in [6.45, 7) is 19.4. The summed E-state index contributed by atoms with van der Waals surface area (Å²) in [5.41, 5.74) is 20.3. The van der Waals surface area contributed by atoms with Crippen molar-refractivity contribution in [2.24, 2.45) is 23.7 Å². The lowest BCUT2D eigenvalue weighted by atomic mass is 9.83. The second-order valence-electron chi connectivity index (χ2n) is 32.2. The van der Waals surface area contributed by atoms with Crippen molar-refractivity contribution in [3.8, 4) is 11.3 Å². The van der Waals surface area contributed by atoms with Crippen LogP contribution in [0.4, 0.5) is 11.8 Å². The van der Waals surface area contributed by atoms with Crippen LogP contribution in [-0.4, -0.2) is 261 Å². The van der Waals surface area contributed by atoms with Crippen LogP contribution in [0.25, 0.3) is 33.4 Å². The Kier molecular flexibility index (Phi) is 39.5. The Hall–Kier alpha value is -7.53. The highest BCUT2D eigenvalue weighted by Gasteiger charge is 2.39. The molecule has 0 spiro atoms. The van der Waals surface area contributed by atoms with Crippen LogP contribution < -0.4 is 16.8 Å². The average Bonchev–Trinajstić information content (AvgIpc) is 1.61. The minimum atomic E-state index is -1.54. The number of thiocarbonyl (C=S) groups is 1. The van der Waals surface area contributed by atoms with E-state index in [0.29, 0.717) is 221 Å². The fourth-order valence-electron chi connectivity index (χ4n) is 16.3. The first kappa shape index (κ1) is 93.7. The Bertz CT molecular complexity index is 4110. The van der Waals surface area contributed by atoms with Crippen LogP contribution in [0.5, 0.6) is 0 Å². The minimum absolute atomic E-state index is 0.00987. The number of ether oxygens (including phenoxy) is 12. The Morgan fingerprint density at radius 2 is 1.38 bits per heavy atom. The number of fused-ring (bicyclic) bond motifs is 6. The number of anilines is 2. The largest absolute Gasteiger partial charge is 0.468 e. The molecule has 1 saturated carbocycles. The molecule has 3 fully saturated rings. The van der Waals surface area contributed by atoms with Gasteiger partial charge in [0, 0.05) is 51.2 Å². The summed E-state index contributed by atoms with van der Waals surface area (Å²) in [4.78, 5) is 71.7. The Labute approximate surface area is 706 Å². The molecule has 7 heterocycles. The number of ketones is 2. The predicted octanol–water partition coefficient (Wildman–Crippen LogP) is 10.6. The quantitative estimate of drug-likeness (QED) is 0.0109. The number of carbonyl (C=O) groups is 4. The van der Waals surface area contributed by atoms with E-state index in [9.17, 15) is 29.4 Å². The standard InChI is InChI=1S/C89H130N10O19S/c1-60-13-8-7-9-14-62(3)77(106-6)55-73-16-12-17-76(116-73)83(103)87(105)98-33-11-10-15-70(98)58-115-71(25-18-61(2)52-64(5)82(102)84(104)81(101)63(4)51-60)26-20-65-21-27-72(28-22-65)117-89(119)92-32-36-108-38-40-110-42-44-112-46-48-114-50-49-113-47-45-111-43-41-109-39-37-107-35-31-78(100)97-34-30-67-53-66(19-23-69(67)57-97)56-99-86-79(85(90)93-59-94-86)80(96-99)68-24-29-75-74(54-68)95-88(91)118-75/h7-9,13-14,19,23-24,29,52-54,59-61,63,65,70-73,76-77,82,84,102,104H,10-12,15-18,20-22,25-28,30-51,55-58H2,1-6H3,(H2,91,95)(H,92,119)(H2,90,93,94)/b9-7?,13-8+,62-14?,64-52+/t60-,61+,63-,65?,70+,71?,72?,73+,76?,77+,82-,84+/m1/s1. The number of hydrogen-bond donors (Lipinski definition) is 5. The topological polar surface area (TPSA) is 360 Å². The molecule has 2 amide bonds. The van der Waals surface area contributed by atoms with Crippen molar-refractivity contribution in [2.45, 2.75) is 212 Å². The van der Waals surface area contributed by atoms with Crippen molar-refractivity contribution < 1.29 is 90.7 Å². The fraction of sp³-hybridized carbons (Fsp3) is 0.652. The second kappa shape index (κ2) is 50.2. The number of nitrogens with zero attached hydrogens (tertiary/aromatic N) is 7. The van der Waals surface area contributed by atoms with E-state index in [4.69, 9.17) is 90.0 Å². The molecule has 10 atom stereocenters. The van der Waals surface area contributed by atoms with Gasteiger partial charge in [0.1, 0.15) is 47.8 Å². The molecule has 3 aromatic heterocycles. The maximum Gasteiger partial charge on any atom is 0.293 e. The van der Waals surface area contributed by atoms with Gasteiger partial charge >= 0.3 is 0 Å². The van der Waals surface area contributed by atoms with Crippen LogP contribution in [0, 0.1) is 23.7 Å². The number of benzene rings is 2. The summed E-state index contributed by atoms with van der Waals surface area (Å²) in [5, 5.41) is 31.6. The Balaban J connectivity index is 0.513. The van der Waals surface area contributed by atoms with Gasteiger partial charge in [-0.1, -0.05) is 75.4 Å². The number of nitrogens with two attached hydrogens (primary N) is 2. The van der Waals surface area contributed by atoms with Crippen molar-refractivity contribution in [1.82, 2.24) is 39.8 Å². The number of oxazole rings is 1. The number of rotatable bonds is 35. The lowest BCUT2D eigenvalue weighted by molar-refractivity contribution is -0.159. The fourth-order valence-corrected chi connectivity index (χ4v) is 16.5. The van der Waals surface area contributed by atoms with E-state index in [1.807, 2.05) is 78.9 Å². The molecule has 0 radical (unpaired) electrons. The van der Waals surface area contributed by atoms with Crippen LogP contribution in [0.3, 0.4) is 0 Å². The van der Waals surface area contributed by atoms with Gasteiger partial charge < -0.3 is 98.1 Å². The number of aromatic nitrogens is 5. The summed E-state index contributed by atoms with van der Waals surface area (Å²) in [6.07, 6.45) is 22.6. The number of amides is 2. The monoisotopic (exact) mass is 1670 g/mol. The minimum Gasteiger partial charge on any atom is -0.468 e. The van der Waals surface area contributed by atoms with Crippen molar-refractivity contribution >= 4 is 74.7 Å². The van der Waals surface area contributed by atoms with Gasteiger partial charge in [-0.3, -0.25) is 19.2 Å². The summed E-state index contributed by atoms with van der Waals surface area (Å²) < 4.78 is 78.0. The molecule has 5 aliphatic rings. The number of allylic oxidation sites excluding steroid dienone is 6. The lowest BCUT2D eigenvalue weighted by Crippen LogP contribution is -2.52. The van der Waals surface area contributed by atoms with E-state index in [1.165, 1.54) is 11.9 Å². The molecule has 30 heteroatoms. The maximum atomic E-state index is 14.2. The highest BCUT2D eigenvalue weighted by molar-refractivity contribution is 7.80. The molecule has 5 aromatic rings. The molecule has 10 rings (SSSR count). The third-order valence-electron chi connectivity index (χ3n) is 23.1. The van der Waals surface area contributed by atoms with Gasteiger partial charge in [-0.25, -0.2) is 14.6 Å². The van der Waals surface area contributed by atoms with E-state index in [-0.39, 0.29) is 60.0 Å². The Morgan fingerprint density at radius 1 is 0.689 bits per heavy atom. The van der Waals surface area contributed by atoms with Crippen molar-refractivity contribution in [3.63, 3.8) is 0 Å². The maximum absolute atomic E-state index is 14.2. The van der Waals surface area contributed by atoms with Gasteiger partial charge in [0.2, 0.25) is 11.7 Å². The second-order valence-corrected chi connectivity index (χ2v) is 32.6. The SMILES string of the molecule is CO[C@H]1C[C@@H]2CCCC(O2)C(=O)C(=O)N2CCCC[C@H]2COC(CCC2CCC(OC(=S)NCCOCCOCCOCCOCCOCCOCCOCCOCCC(=O)N3CCc4cc(Cn5nc(-c6ccc7oc(N)nc7c6)c6c(N)ncnc65)ccc4C3)CC2)CC[C@H](C)/C=C(\C)[C@@H](O)[C@@H](O)C(=O)[C@H](C)C[C@H](C)/C=C/C=CC=C1C. The van der Waals surface area contributed by atoms with Gasteiger partial charge in [-0.2, -0.15) is 10.1 Å². The van der Waals surface area contributed by atoms with E-state index in [1.54, 1.807) is 25.0 Å². The molecular weight excluding hydrogens is 1550 g/mol. The highest BCUT2D eigenvalue weighted by Crippen LogP contribution is 2.36. The van der Waals surface area contributed by atoms with Gasteiger partial charge in [0.15, 0.2) is 17.0 Å². The Morgan fingerprint density at radius 3 is 2.08 bits per heavy atom. The molecule has 7 N–H and O–H groups in total. The number of Topliss-reactive ketones (excluding diaryl/α,β-unsaturated/α-hetero) is 2. The van der Waals surface area contributed by atoms with Gasteiger partial charge in [0.05, 0.1) is 155 Å². The molecule has 29 nitrogen and oxygen atoms in total. The van der Waals surface area contributed by atoms with Gasteiger partial charge in [-0.15, -0.1) is 0 Å². The number of nitrogen functional groups attached to an aromatic ring is 2. The first-order chi connectivity index (χ1) is 57.8. The predicted molar refractivity (Wildman–Crippen MR) is 456 cm³/mol. The first-order valence-corrected chi connectivity index (χ1v) is 43.5. The number of carbonyl (C=O) groups excluding carboxylic acids is 4. The lowest BCUT2D eigenvalue weighted by Gasteiger charge is -2.38. The molecular formula is C89H130N10O19S. The number of nitrogens with one attached hydrogen (secondary N) is 1. The molecule has 2 bridgehead atoms. The van der Waals surface area contributed by atoms with E-state index in [0.717, 1.165) is 112 Å². The smallest absolute Gasteiger partial charge is 0.293 e. The number of aliphatic hydroxyl groups excluding tert-OH is 2. The zero-order valence-electron chi connectivity index (χ0n) is 70.7.